The Hall–Kier alpha value is -3.88. The molecule has 0 saturated carbocycles. The number of carbonyl (C=O) groups is 4. The first kappa shape index (κ1) is 39.6. The highest BCUT2D eigenvalue weighted by Crippen LogP contribution is 2.44. The van der Waals surface area contributed by atoms with E-state index in [1.165, 1.54) is 44.9 Å². The van der Waals surface area contributed by atoms with Gasteiger partial charge in [0, 0.05) is 25.3 Å². The summed E-state index contributed by atoms with van der Waals surface area (Å²) in [4.78, 5) is 48.3. The number of rotatable bonds is 23. The third kappa shape index (κ3) is 15.0. The van der Waals surface area contributed by atoms with Crippen molar-refractivity contribution in [3.05, 3.63) is 59.7 Å². The Morgan fingerprint density at radius 1 is 0.714 bits per heavy atom. The lowest BCUT2D eigenvalue weighted by molar-refractivity contribution is -0.155. The molecule has 270 valence electrons. The first-order chi connectivity index (χ1) is 23.5. The molecule has 3 N–H and O–H groups in total. The summed E-state index contributed by atoms with van der Waals surface area (Å²) in [7, 11) is 0. The van der Waals surface area contributed by atoms with Crippen molar-refractivity contribution < 1.29 is 33.8 Å². The number of carboxylic acid groups (broad SMARTS) is 1. The van der Waals surface area contributed by atoms with Crippen molar-refractivity contribution in [1.82, 2.24) is 10.6 Å². The molecule has 0 saturated heterocycles. The molecule has 1 aliphatic carbocycles. The van der Waals surface area contributed by atoms with Gasteiger partial charge in [0.25, 0.3) is 0 Å². The van der Waals surface area contributed by atoms with Crippen LogP contribution in [0.25, 0.3) is 11.1 Å². The standard InChI is InChI=1S/C40H58N2O7/c1-40(2,3)49-37(44)26-16-14-12-10-8-6-4-5-7-9-11-13-15-25-36(43)42-35(38(45)46)27-28-41-39(47)48-29-34-32-23-19-17-21-30(32)31-22-18-20-24-33(31)34/h17-24,34-35H,4-16,25-29H2,1-3H3,(H,41,47)(H,42,43)(H,45,46)/t35-/m0/s1. The van der Waals surface area contributed by atoms with E-state index in [-0.39, 0.29) is 37.4 Å². The molecule has 0 radical (unpaired) electrons. The lowest BCUT2D eigenvalue weighted by atomic mass is 9.98. The number of nitrogens with one attached hydrogen (secondary N) is 2. The van der Waals surface area contributed by atoms with E-state index in [0.29, 0.717) is 12.8 Å². The Kier molecular flexibility index (Phi) is 17.2. The molecule has 1 atom stereocenters. The minimum Gasteiger partial charge on any atom is -0.480 e. The van der Waals surface area contributed by atoms with Crippen LogP contribution in [0.1, 0.15) is 141 Å². The molecule has 49 heavy (non-hydrogen) atoms. The fourth-order valence-electron chi connectivity index (χ4n) is 6.38. The zero-order valence-corrected chi connectivity index (χ0v) is 29.9. The lowest BCUT2D eigenvalue weighted by Gasteiger charge is -2.19. The van der Waals surface area contributed by atoms with E-state index in [4.69, 9.17) is 9.47 Å². The van der Waals surface area contributed by atoms with Crippen LogP contribution in [0, 0.1) is 0 Å². The van der Waals surface area contributed by atoms with Crippen LogP contribution in [-0.4, -0.2) is 53.8 Å². The molecule has 9 nitrogen and oxygen atoms in total. The van der Waals surface area contributed by atoms with E-state index in [1.807, 2.05) is 57.2 Å². The molecule has 0 fully saturated rings. The number of esters is 1. The number of aliphatic carboxylic acids is 1. The normalized spacial score (nSPS) is 12.9. The number of alkyl carbamates (subject to hydrolysis) is 1. The Bertz CT molecular complexity index is 1290. The second kappa shape index (κ2) is 21.3. The predicted molar refractivity (Wildman–Crippen MR) is 192 cm³/mol. The van der Waals surface area contributed by atoms with Gasteiger partial charge in [-0.15, -0.1) is 0 Å². The van der Waals surface area contributed by atoms with Crippen molar-refractivity contribution in [2.75, 3.05) is 13.2 Å². The first-order valence-corrected chi connectivity index (χ1v) is 18.4. The van der Waals surface area contributed by atoms with Gasteiger partial charge in [-0.05, 0) is 62.3 Å². The van der Waals surface area contributed by atoms with Gasteiger partial charge in [0.05, 0.1) is 0 Å². The summed E-state index contributed by atoms with van der Waals surface area (Å²) >= 11 is 0. The maximum atomic E-state index is 12.4. The number of carbonyl (C=O) groups excluding carboxylic acids is 3. The van der Waals surface area contributed by atoms with Gasteiger partial charge in [-0.25, -0.2) is 9.59 Å². The maximum Gasteiger partial charge on any atom is 0.407 e. The van der Waals surface area contributed by atoms with Crippen LogP contribution < -0.4 is 10.6 Å². The van der Waals surface area contributed by atoms with Gasteiger partial charge in [0.1, 0.15) is 18.2 Å². The van der Waals surface area contributed by atoms with Crippen LogP contribution >= 0.6 is 0 Å². The van der Waals surface area contributed by atoms with Crippen LogP contribution in [0.3, 0.4) is 0 Å². The topological polar surface area (TPSA) is 131 Å². The summed E-state index contributed by atoms with van der Waals surface area (Å²) in [5, 5.41) is 14.8. The van der Waals surface area contributed by atoms with Gasteiger partial charge >= 0.3 is 18.0 Å². The predicted octanol–water partition coefficient (Wildman–Crippen LogP) is 8.68. The van der Waals surface area contributed by atoms with Crippen molar-refractivity contribution in [2.45, 2.75) is 141 Å². The van der Waals surface area contributed by atoms with E-state index >= 15 is 0 Å². The molecule has 3 rings (SSSR count). The average Bonchev–Trinajstić information content (AvgIpc) is 3.37. The molecule has 0 aromatic heterocycles. The van der Waals surface area contributed by atoms with E-state index in [9.17, 15) is 24.3 Å². The monoisotopic (exact) mass is 678 g/mol. The molecular weight excluding hydrogens is 620 g/mol. The quantitative estimate of drug-likeness (QED) is 0.0792. The van der Waals surface area contributed by atoms with Gasteiger partial charge in [-0.1, -0.05) is 119 Å². The Labute approximate surface area is 292 Å². The van der Waals surface area contributed by atoms with Crippen molar-refractivity contribution in [3.8, 4) is 11.1 Å². The fourth-order valence-corrected chi connectivity index (χ4v) is 6.38. The number of ether oxygens (including phenoxy) is 2. The van der Waals surface area contributed by atoms with Crippen molar-refractivity contribution >= 4 is 23.9 Å². The lowest BCUT2D eigenvalue weighted by Crippen LogP contribution is -2.43. The summed E-state index contributed by atoms with van der Waals surface area (Å²) in [6.07, 6.45) is 14.7. The average molecular weight is 679 g/mol. The van der Waals surface area contributed by atoms with Gasteiger partial charge < -0.3 is 25.2 Å². The summed E-state index contributed by atoms with van der Waals surface area (Å²) < 4.78 is 10.9. The SMILES string of the molecule is CC(C)(C)OC(=O)CCCCCCCCCCCCCCCC(=O)N[C@@H](CCNC(=O)OCC1c2ccccc2-c2ccccc21)C(=O)O. The number of hydrogen-bond donors (Lipinski definition) is 3. The van der Waals surface area contributed by atoms with E-state index in [1.54, 1.807) is 0 Å². The van der Waals surface area contributed by atoms with Gasteiger partial charge in [0.15, 0.2) is 0 Å². The second-order valence-corrected chi connectivity index (χ2v) is 14.2. The maximum absolute atomic E-state index is 12.4. The Morgan fingerprint density at radius 3 is 1.67 bits per heavy atom. The first-order valence-electron chi connectivity index (χ1n) is 18.4. The number of hydrogen-bond acceptors (Lipinski definition) is 6. The molecule has 1 aliphatic rings. The molecular formula is C40H58N2O7. The van der Waals surface area contributed by atoms with Gasteiger partial charge in [-0.2, -0.15) is 0 Å². The Balaban J connectivity index is 1.16. The van der Waals surface area contributed by atoms with Crippen LogP contribution in [0.5, 0.6) is 0 Å². The molecule has 2 aromatic rings. The summed E-state index contributed by atoms with van der Waals surface area (Å²) in [5.74, 6) is -1.56. The second-order valence-electron chi connectivity index (χ2n) is 14.2. The fraction of sp³-hybridized carbons (Fsp3) is 0.600. The molecule has 0 spiro atoms. The number of carboxylic acids is 1. The highest BCUT2D eigenvalue weighted by molar-refractivity contribution is 5.83. The van der Waals surface area contributed by atoms with E-state index < -0.39 is 23.7 Å². The summed E-state index contributed by atoms with van der Waals surface area (Å²) in [6.45, 7) is 5.94. The molecule has 0 aliphatic heterocycles. The molecule has 0 heterocycles. The molecule has 2 amide bonds. The van der Waals surface area contributed by atoms with Crippen LogP contribution in [0.2, 0.25) is 0 Å². The van der Waals surface area contributed by atoms with E-state index in [2.05, 4.69) is 22.8 Å². The van der Waals surface area contributed by atoms with Gasteiger partial charge in [0.2, 0.25) is 5.91 Å². The van der Waals surface area contributed by atoms with Crippen molar-refractivity contribution in [3.63, 3.8) is 0 Å². The smallest absolute Gasteiger partial charge is 0.407 e. The van der Waals surface area contributed by atoms with Crippen LogP contribution in [0.4, 0.5) is 4.79 Å². The number of amides is 2. The minimum absolute atomic E-state index is 0.0550. The minimum atomic E-state index is -1.12. The number of unbranched alkanes of at least 4 members (excludes halogenated alkanes) is 12. The summed E-state index contributed by atoms with van der Waals surface area (Å²) in [5.41, 5.74) is 4.13. The summed E-state index contributed by atoms with van der Waals surface area (Å²) in [6, 6.07) is 15.1. The Morgan fingerprint density at radius 2 is 1.18 bits per heavy atom. The zero-order chi connectivity index (χ0) is 35.5. The molecule has 9 heteroatoms. The molecule has 0 bridgehead atoms. The van der Waals surface area contributed by atoms with Crippen LogP contribution in [-0.2, 0) is 23.9 Å². The van der Waals surface area contributed by atoms with Crippen molar-refractivity contribution in [1.29, 1.82) is 0 Å². The highest BCUT2D eigenvalue weighted by atomic mass is 16.6. The van der Waals surface area contributed by atoms with Crippen molar-refractivity contribution in [2.24, 2.45) is 0 Å². The van der Waals surface area contributed by atoms with Gasteiger partial charge in [-0.3, -0.25) is 9.59 Å². The number of fused-ring (bicyclic) bond motifs is 3. The highest BCUT2D eigenvalue weighted by Gasteiger charge is 2.29. The largest absolute Gasteiger partial charge is 0.480 e. The molecule has 0 unspecified atom stereocenters. The van der Waals surface area contributed by atoms with E-state index in [0.717, 1.165) is 60.8 Å². The third-order valence-electron chi connectivity index (χ3n) is 8.88. The number of benzene rings is 2. The zero-order valence-electron chi connectivity index (χ0n) is 29.9. The molecule has 2 aromatic carbocycles. The van der Waals surface area contributed by atoms with Crippen LogP contribution in [0.15, 0.2) is 48.5 Å². The third-order valence-corrected chi connectivity index (χ3v) is 8.88.